The van der Waals surface area contributed by atoms with Crippen LogP contribution in [-0.4, -0.2) is 40.2 Å². The molecule has 0 aromatic heterocycles. The van der Waals surface area contributed by atoms with Crippen LogP contribution in [0, 0.1) is 5.92 Å². The van der Waals surface area contributed by atoms with Gasteiger partial charge in [-0.1, -0.05) is 13.8 Å². The molecule has 122 valence electrons. The second-order valence-electron chi connectivity index (χ2n) is 5.46. The zero-order chi connectivity index (χ0) is 17.1. The smallest absolute Gasteiger partial charge is 0.305 e. The van der Waals surface area contributed by atoms with Crippen LogP contribution in [0.2, 0.25) is 0 Å². The summed E-state index contributed by atoms with van der Waals surface area (Å²) in [7, 11) is 0. The van der Waals surface area contributed by atoms with Crippen LogP contribution in [0.5, 0.6) is 0 Å². The van der Waals surface area contributed by atoms with Gasteiger partial charge in [0.1, 0.15) is 0 Å². The summed E-state index contributed by atoms with van der Waals surface area (Å²) in [5.74, 6) is -2.44. The Labute approximate surface area is 133 Å². The Morgan fingerprint density at radius 2 is 1.87 bits per heavy atom. The van der Waals surface area contributed by atoms with Crippen LogP contribution < -0.4 is 5.32 Å². The highest BCUT2D eigenvalue weighted by Crippen LogP contribution is 2.26. The molecule has 0 saturated heterocycles. The molecule has 7 heteroatoms. The summed E-state index contributed by atoms with van der Waals surface area (Å²) in [6.45, 7) is 3.52. The number of carbonyl (C=O) groups is 4. The van der Waals surface area contributed by atoms with Crippen molar-refractivity contribution < 1.29 is 24.3 Å². The second kappa shape index (κ2) is 6.60. The number of amides is 3. The van der Waals surface area contributed by atoms with Crippen molar-refractivity contribution in [3.05, 3.63) is 29.3 Å². The molecular weight excluding hydrogens is 300 g/mol. The Hall–Kier alpha value is -2.70. The molecule has 1 atom stereocenters. The number of rotatable bonds is 6. The molecule has 0 radical (unpaired) electrons. The fourth-order valence-electron chi connectivity index (χ4n) is 2.23. The van der Waals surface area contributed by atoms with E-state index < -0.39 is 17.8 Å². The summed E-state index contributed by atoms with van der Waals surface area (Å²) in [6, 6.07) is 4.49. The van der Waals surface area contributed by atoms with Crippen LogP contribution in [-0.2, 0) is 9.59 Å². The molecule has 1 aromatic carbocycles. The van der Waals surface area contributed by atoms with Crippen molar-refractivity contribution in [2.75, 3.05) is 11.9 Å². The molecule has 1 heterocycles. The van der Waals surface area contributed by atoms with E-state index in [4.69, 9.17) is 5.11 Å². The SMILES string of the molecule is CCC(C)C(=O)Nc1ccc2c(c1)C(=O)N(CCC(=O)O)C2=O. The van der Waals surface area contributed by atoms with Gasteiger partial charge in [-0.05, 0) is 24.6 Å². The predicted molar refractivity (Wildman–Crippen MR) is 82.1 cm³/mol. The monoisotopic (exact) mass is 318 g/mol. The van der Waals surface area contributed by atoms with Crippen molar-refractivity contribution in [2.45, 2.75) is 26.7 Å². The normalized spacial score (nSPS) is 14.6. The van der Waals surface area contributed by atoms with Gasteiger partial charge in [-0.3, -0.25) is 24.1 Å². The fraction of sp³-hybridized carbons (Fsp3) is 0.375. The van der Waals surface area contributed by atoms with E-state index in [1.54, 1.807) is 13.0 Å². The number of hydrogen-bond donors (Lipinski definition) is 2. The second-order valence-corrected chi connectivity index (χ2v) is 5.46. The average Bonchev–Trinajstić information content (AvgIpc) is 2.75. The first-order valence-corrected chi connectivity index (χ1v) is 7.38. The molecule has 0 fully saturated rings. The summed E-state index contributed by atoms with van der Waals surface area (Å²) in [5.41, 5.74) is 0.847. The first kappa shape index (κ1) is 16.7. The van der Waals surface area contributed by atoms with Gasteiger partial charge in [0.05, 0.1) is 17.5 Å². The van der Waals surface area contributed by atoms with E-state index in [1.165, 1.54) is 12.1 Å². The van der Waals surface area contributed by atoms with Gasteiger partial charge in [-0.15, -0.1) is 0 Å². The van der Waals surface area contributed by atoms with Gasteiger partial charge < -0.3 is 10.4 Å². The van der Waals surface area contributed by atoms with Crippen LogP contribution in [0.1, 0.15) is 47.4 Å². The first-order chi connectivity index (χ1) is 10.8. The number of nitrogens with one attached hydrogen (secondary N) is 1. The highest BCUT2D eigenvalue weighted by Gasteiger charge is 2.35. The molecule has 7 nitrogen and oxygen atoms in total. The zero-order valence-electron chi connectivity index (χ0n) is 13.0. The van der Waals surface area contributed by atoms with E-state index in [0.29, 0.717) is 12.1 Å². The van der Waals surface area contributed by atoms with E-state index in [0.717, 1.165) is 4.90 Å². The fourth-order valence-corrected chi connectivity index (χ4v) is 2.23. The number of imide groups is 1. The Balaban J connectivity index is 2.19. The maximum absolute atomic E-state index is 12.2. The highest BCUT2D eigenvalue weighted by atomic mass is 16.4. The van der Waals surface area contributed by atoms with E-state index in [2.05, 4.69) is 5.32 Å². The zero-order valence-corrected chi connectivity index (χ0v) is 13.0. The molecule has 0 aliphatic carbocycles. The van der Waals surface area contributed by atoms with Crippen molar-refractivity contribution >= 4 is 29.4 Å². The first-order valence-electron chi connectivity index (χ1n) is 7.38. The number of benzene rings is 1. The van der Waals surface area contributed by atoms with Gasteiger partial charge in [0.15, 0.2) is 0 Å². The molecule has 2 N–H and O–H groups in total. The third-order valence-electron chi connectivity index (χ3n) is 3.85. The number of hydrogen-bond acceptors (Lipinski definition) is 4. The van der Waals surface area contributed by atoms with Crippen LogP contribution >= 0.6 is 0 Å². The highest BCUT2D eigenvalue weighted by molar-refractivity contribution is 6.22. The number of anilines is 1. The molecule has 1 aliphatic heterocycles. The Morgan fingerprint density at radius 3 is 2.48 bits per heavy atom. The summed E-state index contributed by atoms with van der Waals surface area (Å²) in [4.78, 5) is 47.8. The standard InChI is InChI=1S/C16H18N2O5/c1-3-9(2)14(21)17-10-4-5-11-12(8-10)16(23)18(15(11)22)7-6-13(19)20/h4-5,8-9H,3,6-7H2,1-2H3,(H,17,21)(H,19,20). The number of nitrogens with zero attached hydrogens (tertiary/aromatic N) is 1. The van der Waals surface area contributed by atoms with E-state index in [-0.39, 0.29) is 35.9 Å². The topological polar surface area (TPSA) is 104 Å². The molecule has 0 bridgehead atoms. The average molecular weight is 318 g/mol. The van der Waals surface area contributed by atoms with Gasteiger partial charge >= 0.3 is 5.97 Å². The van der Waals surface area contributed by atoms with Crippen LogP contribution in [0.15, 0.2) is 18.2 Å². The lowest BCUT2D eigenvalue weighted by Gasteiger charge is -2.11. The minimum Gasteiger partial charge on any atom is -0.481 e. The molecule has 3 amide bonds. The Bertz CT molecular complexity index is 683. The number of carboxylic acids is 1. The predicted octanol–water partition coefficient (Wildman–Crippen LogP) is 1.74. The maximum Gasteiger partial charge on any atom is 0.305 e. The molecule has 23 heavy (non-hydrogen) atoms. The lowest BCUT2D eigenvalue weighted by atomic mass is 10.1. The van der Waals surface area contributed by atoms with Gasteiger partial charge in [-0.25, -0.2) is 0 Å². The van der Waals surface area contributed by atoms with Crippen molar-refractivity contribution in [2.24, 2.45) is 5.92 Å². The number of carboxylic acid groups (broad SMARTS) is 1. The lowest BCUT2D eigenvalue weighted by molar-refractivity contribution is -0.137. The van der Waals surface area contributed by atoms with Gasteiger partial charge in [0, 0.05) is 18.2 Å². The maximum atomic E-state index is 12.2. The molecule has 1 aromatic rings. The number of carbonyl (C=O) groups excluding carboxylic acids is 3. The van der Waals surface area contributed by atoms with Crippen LogP contribution in [0.3, 0.4) is 0 Å². The molecule has 2 rings (SSSR count). The third-order valence-corrected chi connectivity index (χ3v) is 3.85. The minimum atomic E-state index is -1.08. The van der Waals surface area contributed by atoms with E-state index >= 15 is 0 Å². The molecule has 1 aliphatic rings. The lowest BCUT2D eigenvalue weighted by Crippen LogP contribution is -2.31. The van der Waals surface area contributed by atoms with Gasteiger partial charge in [0.25, 0.3) is 11.8 Å². The van der Waals surface area contributed by atoms with Crippen molar-refractivity contribution in [1.29, 1.82) is 0 Å². The van der Waals surface area contributed by atoms with Crippen molar-refractivity contribution in [3.8, 4) is 0 Å². The van der Waals surface area contributed by atoms with Crippen molar-refractivity contribution in [1.82, 2.24) is 4.90 Å². The summed E-state index contributed by atoms with van der Waals surface area (Å²) < 4.78 is 0. The van der Waals surface area contributed by atoms with Crippen LogP contribution in [0.25, 0.3) is 0 Å². The molecule has 0 saturated carbocycles. The Kier molecular flexibility index (Phi) is 4.78. The van der Waals surface area contributed by atoms with Crippen molar-refractivity contribution in [3.63, 3.8) is 0 Å². The van der Waals surface area contributed by atoms with Crippen LogP contribution in [0.4, 0.5) is 5.69 Å². The van der Waals surface area contributed by atoms with E-state index in [9.17, 15) is 19.2 Å². The van der Waals surface area contributed by atoms with E-state index in [1.807, 2.05) is 6.92 Å². The summed E-state index contributed by atoms with van der Waals surface area (Å²) in [6.07, 6.45) is 0.389. The summed E-state index contributed by atoms with van der Waals surface area (Å²) >= 11 is 0. The molecular formula is C16H18N2O5. The number of aliphatic carboxylic acids is 1. The summed E-state index contributed by atoms with van der Waals surface area (Å²) in [5, 5.41) is 11.4. The Morgan fingerprint density at radius 1 is 1.22 bits per heavy atom. The quantitative estimate of drug-likeness (QED) is 0.778. The third kappa shape index (κ3) is 3.39. The molecule has 0 spiro atoms. The minimum absolute atomic E-state index is 0.160. The number of fused-ring (bicyclic) bond motifs is 1. The van der Waals surface area contributed by atoms with Gasteiger partial charge in [0.2, 0.25) is 5.91 Å². The van der Waals surface area contributed by atoms with Gasteiger partial charge in [-0.2, -0.15) is 0 Å². The largest absolute Gasteiger partial charge is 0.481 e. The molecule has 1 unspecified atom stereocenters.